The number of aromatic nitrogens is 2. The van der Waals surface area contributed by atoms with Gasteiger partial charge in [-0.3, -0.25) is 0 Å². The van der Waals surface area contributed by atoms with Gasteiger partial charge in [0, 0.05) is 18.6 Å². The maximum Gasteiger partial charge on any atom is 0.105 e. The Bertz CT molecular complexity index is 529. The van der Waals surface area contributed by atoms with Gasteiger partial charge in [0.2, 0.25) is 0 Å². The molecule has 1 aromatic heterocycles. The van der Waals surface area contributed by atoms with E-state index in [0.29, 0.717) is 6.54 Å². The minimum absolute atomic E-state index is 0.535. The average molecular weight is 264 g/mol. The molecule has 2 N–H and O–H groups in total. The van der Waals surface area contributed by atoms with Crippen LogP contribution in [0.15, 0.2) is 24.3 Å². The van der Waals surface area contributed by atoms with Gasteiger partial charge in [0.1, 0.15) is 5.82 Å². The Morgan fingerprint density at radius 3 is 2.50 bits per heavy atom. The van der Waals surface area contributed by atoms with Crippen molar-refractivity contribution in [2.24, 2.45) is 12.8 Å². The zero-order valence-corrected chi connectivity index (χ0v) is 11.5. The van der Waals surface area contributed by atoms with Gasteiger partial charge in [-0.15, -0.1) is 0 Å². The van der Waals surface area contributed by atoms with Gasteiger partial charge < -0.3 is 10.3 Å². The van der Waals surface area contributed by atoms with Gasteiger partial charge >= 0.3 is 0 Å². The molecule has 3 nitrogen and oxygen atoms in total. The summed E-state index contributed by atoms with van der Waals surface area (Å²) in [6.45, 7) is 2.54. The number of nitrogens with two attached hydrogens (primary N) is 1. The van der Waals surface area contributed by atoms with E-state index in [1.165, 1.54) is 5.56 Å². The van der Waals surface area contributed by atoms with Crippen molar-refractivity contribution in [3.8, 4) is 0 Å². The fourth-order valence-electron chi connectivity index (χ4n) is 2.09. The van der Waals surface area contributed by atoms with Gasteiger partial charge in [-0.25, -0.2) is 4.98 Å². The molecule has 0 aliphatic rings. The summed E-state index contributed by atoms with van der Waals surface area (Å²) in [5, 5.41) is 0.773. The van der Waals surface area contributed by atoms with E-state index < -0.39 is 0 Å². The van der Waals surface area contributed by atoms with Gasteiger partial charge in [0.25, 0.3) is 0 Å². The third kappa shape index (κ3) is 2.74. The van der Waals surface area contributed by atoms with Crippen molar-refractivity contribution in [1.82, 2.24) is 9.55 Å². The van der Waals surface area contributed by atoms with Crippen molar-refractivity contribution in [1.29, 1.82) is 0 Å². The molecule has 1 heterocycles. The summed E-state index contributed by atoms with van der Waals surface area (Å²) in [6, 6.07) is 7.95. The van der Waals surface area contributed by atoms with E-state index in [1.807, 2.05) is 26.1 Å². The van der Waals surface area contributed by atoms with E-state index in [9.17, 15) is 0 Å². The van der Waals surface area contributed by atoms with E-state index >= 15 is 0 Å². The lowest BCUT2D eigenvalue weighted by Crippen LogP contribution is -2.07. The molecule has 4 heteroatoms. The van der Waals surface area contributed by atoms with Crippen molar-refractivity contribution in [2.45, 2.75) is 26.3 Å². The van der Waals surface area contributed by atoms with Crippen molar-refractivity contribution in [3.05, 3.63) is 52.1 Å². The van der Waals surface area contributed by atoms with Crippen molar-refractivity contribution in [3.63, 3.8) is 0 Å². The molecule has 2 aromatic rings. The highest BCUT2D eigenvalue weighted by Crippen LogP contribution is 2.14. The van der Waals surface area contributed by atoms with Crippen LogP contribution in [0.25, 0.3) is 0 Å². The molecular formula is C14H18ClN3. The van der Waals surface area contributed by atoms with E-state index in [1.54, 1.807) is 0 Å². The van der Waals surface area contributed by atoms with Crippen molar-refractivity contribution < 1.29 is 0 Å². The number of hydrogen-bond acceptors (Lipinski definition) is 2. The highest BCUT2D eigenvalue weighted by Gasteiger charge is 2.10. The smallest absolute Gasteiger partial charge is 0.105 e. The van der Waals surface area contributed by atoms with Crippen LogP contribution in [0, 0.1) is 6.92 Å². The molecule has 2 rings (SSSR count). The van der Waals surface area contributed by atoms with Crippen molar-refractivity contribution >= 4 is 11.6 Å². The topological polar surface area (TPSA) is 43.8 Å². The molecule has 0 saturated carbocycles. The average Bonchev–Trinajstić information content (AvgIpc) is 2.64. The molecule has 0 aliphatic carbocycles. The summed E-state index contributed by atoms with van der Waals surface area (Å²) >= 11 is 5.87. The Labute approximate surface area is 113 Å². The van der Waals surface area contributed by atoms with Crippen LogP contribution in [0.3, 0.4) is 0 Å². The van der Waals surface area contributed by atoms with Crippen LogP contribution in [0.1, 0.15) is 22.8 Å². The predicted molar refractivity (Wildman–Crippen MR) is 74.7 cm³/mol. The molecule has 0 fully saturated rings. The minimum atomic E-state index is 0.535. The molecular weight excluding hydrogens is 246 g/mol. The Morgan fingerprint density at radius 1 is 1.22 bits per heavy atom. The summed E-state index contributed by atoms with van der Waals surface area (Å²) < 4.78 is 2.07. The first-order valence-electron chi connectivity index (χ1n) is 6.07. The Balaban J connectivity index is 2.10. The number of benzene rings is 1. The standard InChI is InChI=1S/C14H18ClN3/c1-10-17-13(14(9-16)18(10)2)8-5-11-3-6-12(15)7-4-11/h3-4,6-7H,5,8-9,16H2,1-2H3. The molecule has 0 bridgehead atoms. The second-order valence-corrected chi connectivity index (χ2v) is 4.88. The van der Waals surface area contributed by atoms with Crippen LogP contribution in [-0.4, -0.2) is 9.55 Å². The Morgan fingerprint density at radius 2 is 1.89 bits per heavy atom. The number of hydrogen-bond donors (Lipinski definition) is 1. The lowest BCUT2D eigenvalue weighted by Gasteiger charge is -2.04. The van der Waals surface area contributed by atoms with Crippen molar-refractivity contribution in [2.75, 3.05) is 0 Å². The first-order chi connectivity index (χ1) is 8.61. The van der Waals surface area contributed by atoms with Gasteiger partial charge in [0.05, 0.1) is 11.4 Å². The Kier molecular flexibility index (Phi) is 4.04. The highest BCUT2D eigenvalue weighted by atomic mass is 35.5. The number of imidazole rings is 1. The number of halogens is 1. The first kappa shape index (κ1) is 13.1. The zero-order chi connectivity index (χ0) is 13.1. The van der Waals surface area contributed by atoms with E-state index in [-0.39, 0.29) is 0 Å². The largest absolute Gasteiger partial charge is 0.334 e. The maximum atomic E-state index is 5.87. The molecule has 0 unspecified atom stereocenters. The summed E-state index contributed by atoms with van der Waals surface area (Å²) in [7, 11) is 2.01. The van der Waals surface area contributed by atoms with Crippen LogP contribution >= 0.6 is 11.6 Å². The quantitative estimate of drug-likeness (QED) is 0.922. The van der Waals surface area contributed by atoms with Crippen LogP contribution in [0.2, 0.25) is 5.02 Å². The minimum Gasteiger partial charge on any atom is -0.334 e. The van der Waals surface area contributed by atoms with Gasteiger partial charge in [-0.2, -0.15) is 0 Å². The lowest BCUT2D eigenvalue weighted by atomic mass is 10.1. The predicted octanol–water partition coefficient (Wildman–Crippen LogP) is 2.63. The second kappa shape index (κ2) is 5.55. The summed E-state index contributed by atoms with van der Waals surface area (Å²) in [6.07, 6.45) is 1.87. The maximum absolute atomic E-state index is 5.87. The van der Waals surface area contributed by atoms with Crippen LogP contribution < -0.4 is 5.73 Å². The molecule has 0 aliphatic heterocycles. The number of aryl methyl sites for hydroxylation is 3. The van der Waals surface area contributed by atoms with Gasteiger partial charge in [-0.05, 0) is 37.5 Å². The summed E-state index contributed by atoms with van der Waals surface area (Å²) in [4.78, 5) is 4.57. The summed E-state index contributed by atoms with van der Waals surface area (Å²) in [5.74, 6) is 1.02. The number of rotatable bonds is 4. The van der Waals surface area contributed by atoms with Gasteiger partial charge in [-0.1, -0.05) is 23.7 Å². The fraction of sp³-hybridized carbons (Fsp3) is 0.357. The molecule has 0 spiro atoms. The second-order valence-electron chi connectivity index (χ2n) is 4.44. The molecule has 0 atom stereocenters. The molecule has 96 valence electrons. The molecule has 1 aromatic carbocycles. The molecule has 0 saturated heterocycles. The third-order valence-electron chi connectivity index (χ3n) is 3.28. The fourth-order valence-corrected chi connectivity index (χ4v) is 2.22. The highest BCUT2D eigenvalue weighted by molar-refractivity contribution is 6.30. The van der Waals surface area contributed by atoms with E-state index in [4.69, 9.17) is 17.3 Å². The van der Waals surface area contributed by atoms with Crippen LogP contribution in [0.5, 0.6) is 0 Å². The molecule has 0 amide bonds. The first-order valence-corrected chi connectivity index (χ1v) is 6.45. The van der Waals surface area contributed by atoms with E-state index in [0.717, 1.165) is 35.1 Å². The Hall–Kier alpha value is -1.32. The summed E-state index contributed by atoms with van der Waals surface area (Å²) in [5.41, 5.74) is 9.27. The zero-order valence-electron chi connectivity index (χ0n) is 10.8. The SMILES string of the molecule is Cc1nc(CCc2ccc(Cl)cc2)c(CN)n1C. The van der Waals surface area contributed by atoms with Crippen LogP contribution in [0.4, 0.5) is 0 Å². The van der Waals surface area contributed by atoms with Gasteiger partial charge in [0.15, 0.2) is 0 Å². The molecule has 0 radical (unpaired) electrons. The van der Waals surface area contributed by atoms with Crippen LogP contribution in [-0.2, 0) is 26.4 Å². The molecule has 18 heavy (non-hydrogen) atoms. The monoisotopic (exact) mass is 263 g/mol. The lowest BCUT2D eigenvalue weighted by molar-refractivity contribution is 0.779. The van der Waals surface area contributed by atoms with E-state index in [2.05, 4.69) is 21.7 Å². The normalized spacial score (nSPS) is 10.9. The third-order valence-corrected chi connectivity index (χ3v) is 3.53. The number of nitrogens with zero attached hydrogens (tertiary/aromatic N) is 2.